The van der Waals surface area contributed by atoms with E-state index in [4.69, 9.17) is 5.73 Å². The Balaban J connectivity index is 2.54. The van der Waals surface area contributed by atoms with Crippen molar-refractivity contribution in [2.45, 2.75) is 25.9 Å². The molecule has 4 N–H and O–H groups in total. The molecular formula is C12H16FN3O2. The number of rotatable bonds is 4. The fourth-order valence-corrected chi connectivity index (χ4v) is 1.19. The molecule has 0 aliphatic heterocycles. The van der Waals surface area contributed by atoms with Crippen molar-refractivity contribution in [3.63, 3.8) is 0 Å². The summed E-state index contributed by atoms with van der Waals surface area (Å²) < 4.78 is 12.7. The van der Waals surface area contributed by atoms with Crippen LogP contribution in [0.25, 0.3) is 0 Å². The second-order valence-electron chi connectivity index (χ2n) is 4.02. The van der Waals surface area contributed by atoms with Crippen molar-refractivity contribution in [3.8, 4) is 0 Å². The minimum Gasteiger partial charge on any atom is -0.343 e. The van der Waals surface area contributed by atoms with Crippen LogP contribution < -0.4 is 16.4 Å². The lowest BCUT2D eigenvalue weighted by Gasteiger charge is -2.15. The number of anilines is 1. The van der Waals surface area contributed by atoms with Crippen molar-refractivity contribution in [1.82, 2.24) is 5.32 Å². The highest BCUT2D eigenvalue weighted by molar-refractivity contribution is 5.97. The fraction of sp³-hybridized carbons (Fsp3) is 0.333. The molecule has 0 aliphatic rings. The number of nitrogens with one attached hydrogen (secondary N) is 2. The molecular weight excluding hydrogens is 237 g/mol. The molecule has 2 atom stereocenters. The Morgan fingerprint density at radius 1 is 1.17 bits per heavy atom. The maximum atomic E-state index is 12.7. The lowest BCUT2D eigenvalue weighted by Crippen LogP contribution is -2.47. The molecule has 1 aromatic rings. The minimum absolute atomic E-state index is 0.383. The van der Waals surface area contributed by atoms with Crippen LogP contribution in [0.3, 0.4) is 0 Å². The van der Waals surface area contributed by atoms with Crippen LogP contribution >= 0.6 is 0 Å². The number of carbonyl (C=O) groups is 2. The number of benzene rings is 1. The smallest absolute Gasteiger partial charge is 0.246 e. The maximum Gasteiger partial charge on any atom is 0.246 e. The Morgan fingerprint density at radius 3 is 2.22 bits per heavy atom. The highest BCUT2D eigenvalue weighted by atomic mass is 19.1. The molecule has 6 heteroatoms. The third-order valence-corrected chi connectivity index (χ3v) is 2.28. The third-order valence-electron chi connectivity index (χ3n) is 2.28. The Labute approximate surface area is 105 Å². The van der Waals surface area contributed by atoms with Crippen LogP contribution in [-0.4, -0.2) is 23.9 Å². The number of carbonyl (C=O) groups excluding carboxylic acids is 2. The first-order valence-electron chi connectivity index (χ1n) is 5.52. The largest absolute Gasteiger partial charge is 0.343 e. The maximum absolute atomic E-state index is 12.7. The fourth-order valence-electron chi connectivity index (χ4n) is 1.19. The van der Waals surface area contributed by atoms with E-state index in [1.54, 1.807) is 6.92 Å². The number of halogens is 1. The average molecular weight is 253 g/mol. The van der Waals surface area contributed by atoms with Crippen LogP contribution in [0, 0.1) is 5.82 Å². The predicted molar refractivity (Wildman–Crippen MR) is 66.3 cm³/mol. The van der Waals surface area contributed by atoms with E-state index in [-0.39, 0.29) is 5.82 Å². The second-order valence-corrected chi connectivity index (χ2v) is 4.02. The van der Waals surface area contributed by atoms with Gasteiger partial charge in [0.15, 0.2) is 0 Å². The number of nitrogens with two attached hydrogens (primary N) is 1. The summed E-state index contributed by atoms with van der Waals surface area (Å²) in [5, 5.41) is 5.01. The van der Waals surface area contributed by atoms with Crippen LogP contribution in [0.1, 0.15) is 13.8 Å². The van der Waals surface area contributed by atoms with E-state index in [0.717, 1.165) is 0 Å². The Bertz CT molecular complexity index is 431. The second kappa shape index (κ2) is 6.11. The first kappa shape index (κ1) is 14.1. The summed E-state index contributed by atoms with van der Waals surface area (Å²) in [6.45, 7) is 3.07. The molecule has 0 unspecified atom stereocenters. The molecule has 0 heterocycles. The van der Waals surface area contributed by atoms with Gasteiger partial charge in [-0.05, 0) is 38.1 Å². The lowest BCUT2D eigenvalue weighted by atomic mass is 10.2. The molecule has 1 aromatic carbocycles. The molecule has 0 aliphatic carbocycles. The summed E-state index contributed by atoms with van der Waals surface area (Å²) in [6.07, 6.45) is 0. The van der Waals surface area contributed by atoms with Gasteiger partial charge in [0, 0.05) is 5.69 Å². The third kappa shape index (κ3) is 4.14. The molecule has 18 heavy (non-hydrogen) atoms. The van der Waals surface area contributed by atoms with Gasteiger partial charge in [-0.1, -0.05) is 0 Å². The van der Waals surface area contributed by atoms with Crippen molar-refractivity contribution in [2.75, 3.05) is 5.32 Å². The van der Waals surface area contributed by atoms with E-state index in [0.29, 0.717) is 5.69 Å². The zero-order valence-electron chi connectivity index (χ0n) is 10.2. The SMILES string of the molecule is C[C@H](N)C(=O)N[C@@H](C)C(=O)Nc1ccc(F)cc1. The van der Waals surface area contributed by atoms with Crippen molar-refractivity contribution in [1.29, 1.82) is 0 Å². The molecule has 1 rings (SSSR count). The van der Waals surface area contributed by atoms with Gasteiger partial charge in [-0.15, -0.1) is 0 Å². The first-order chi connectivity index (χ1) is 8.40. The minimum atomic E-state index is -0.714. The Hall–Kier alpha value is -1.95. The van der Waals surface area contributed by atoms with Gasteiger partial charge in [0.05, 0.1) is 6.04 Å². The van der Waals surface area contributed by atoms with Crippen LogP contribution in [0.15, 0.2) is 24.3 Å². The number of amides is 2. The summed E-state index contributed by atoms with van der Waals surface area (Å²) in [6, 6.07) is 3.96. The van der Waals surface area contributed by atoms with Gasteiger partial charge in [-0.2, -0.15) is 0 Å². The van der Waals surface area contributed by atoms with Crippen LogP contribution in [-0.2, 0) is 9.59 Å². The molecule has 0 aromatic heterocycles. The Kier molecular flexibility index (Phi) is 4.79. The zero-order valence-corrected chi connectivity index (χ0v) is 10.2. The highest BCUT2D eigenvalue weighted by Crippen LogP contribution is 2.08. The molecule has 5 nitrogen and oxygen atoms in total. The van der Waals surface area contributed by atoms with Crippen molar-refractivity contribution < 1.29 is 14.0 Å². The van der Waals surface area contributed by atoms with Crippen LogP contribution in [0.5, 0.6) is 0 Å². The quantitative estimate of drug-likeness (QED) is 0.735. The van der Waals surface area contributed by atoms with Gasteiger partial charge in [-0.25, -0.2) is 4.39 Å². The topological polar surface area (TPSA) is 84.2 Å². The Morgan fingerprint density at radius 2 is 1.72 bits per heavy atom. The molecule has 0 spiro atoms. The summed E-state index contributed by atoms with van der Waals surface area (Å²) in [5.41, 5.74) is 5.83. The normalized spacial score (nSPS) is 13.6. The summed E-state index contributed by atoms with van der Waals surface area (Å²) >= 11 is 0. The molecule has 0 saturated heterocycles. The van der Waals surface area contributed by atoms with Crippen LogP contribution in [0.4, 0.5) is 10.1 Å². The molecule has 0 saturated carbocycles. The van der Waals surface area contributed by atoms with Gasteiger partial charge < -0.3 is 16.4 Å². The van der Waals surface area contributed by atoms with Crippen molar-refractivity contribution >= 4 is 17.5 Å². The van der Waals surface area contributed by atoms with Gasteiger partial charge in [0.1, 0.15) is 11.9 Å². The molecule has 98 valence electrons. The van der Waals surface area contributed by atoms with E-state index >= 15 is 0 Å². The van der Waals surface area contributed by atoms with Crippen molar-refractivity contribution in [3.05, 3.63) is 30.1 Å². The molecule has 0 fully saturated rings. The monoisotopic (exact) mass is 253 g/mol. The average Bonchev–Trinajstić information content (AvgIpc) is 2.31. The van der Waals surface area contributed by atoms with Crippen molar-refractivity contribution in [2.24, 2.45) is 5.73 Å². The summed E-state index contributed by atoms with van der Waals surface area (Å²) in [4.78, 5) is 23.0. The molecule has 0 bridgehead atoms. The molecule has 2 amide bonds. The zero-order chi connectivity index (χ0) is 13.7. The van der Waals surface area contributed by atoms with Gasteiger partial charge in [-0.3, -0.25) is 9.59 Å². The highest BCUT2D eigenvalue weighted by Gasteiger charge is 2.17. The van der Waals surface area contributed by atoms with E-state index in [2.05, 4.69) is 10.6 Å². The van der Waals surface area contributed by atoms with E-state index in [9.17, 15) is 14.0 Å². The first-order valence-corrected chi connectivity index (χ1v) is 5.52. The van der Waals surface area contributed by atoms with E-state index in [1.165, 1.54) is 31.2 Å². The standard InChI is InChI=1S/C12H16FN3O2/c1-7(14)11(17)15-8(2)12(18)16-10-5-3-9(13)4-6-10/h3-8H,14H2,1-2H3,(H,15,17)(H,16,18)/t7-,8-/m0/s1. The van der Waals surface area contributed by atoms with Gasteiger partial charge >= 0.3 is 0 Å². The lowest BCUT2D eigenvalue weighted by molar-refractivity contribution is -0.126. The van der Waals surface area contributed by atoms with E-state index in [1.807, 2.05) is 0 Å². The summed E-state index contributed by atoms with van der Waals surface area (Å²) in [5.74, 6) is -1.18. The number of hydrogen-bond acceptors (Lipinski definition) is 3. The van der Waals surface area contributed by atoms with Crippen LogP contribution in [0.2, 0.25) is 0 Å². The van der Waals surface area contributed by atoms with Gasteiger partial charge in [0.25, 0.3) is 0 Å². The number of hydrogen-bond donors (Lipinski definition) is 3. The van der Waals surface area contributed by atoms with E-state index < -0.39 is 23.9 Å². The predicted octanol–water partition coefficient (Wildman–Crippen LogP) is 0.616. The summed E-state index contributed by atoms with van der Waals surface area (Å²) in [7, 11) is 0. The molecule has 0 radical (unpaired) electrons. The van der Waals surface area contributed by atoms with Gasteiger partial charge in [0.2, 0.25) is 11.8 Å².